The molecule has 1 aliphatic rings. The number of hydrogen-bond donors (Lipinski definition) is 6. The second kappa shape index (κ2) is 6.42. The predicted octanol–water partition coefficient (Wildman–Crippen LogP) is -3.52. The fourth-order valence-corrected chi connectivity index (χ4v) is 1.26. The third-order valence-corrected chi connectivity index (χ3v) is 2.20. The van der Waals surface area contributed by atoms with Crippen molar-refractivity contribution in [2.24, 2.45) is 0 Å². The molecule has 0 radical (unpaired) electrons. The van der Waals surface area contributed by atoms with Crippen molar-refractivity contribution in [3.63, 3.8) is 0 Å². The van der Waals surface area contributed by atoms with E-state index >= 15 is 0 Å². The van der Waals surface area contributed by atoms with E-state index in [4.69, 9.17) is 20.4 Å². The SMILES string of the molecule is O=c1cc[nH]c(=O)[nH]1.OC[C@H]1OC(O)[C@H](O)[C@@H]1O. The topological polar surface area (TPSA) is 156 Å². The van der Waals surface area contributed by atoms with Gasteiger partial charge >= 0.3 is 5.69 Å². The van der Waals surface area contributed by atoms with Crippen LogP contribution < -0.4 is 11.2 Å². The summed E-state index contributed by atoms with van der Waals surface area (Å²) in [5, 5.41) is 35.0. The zero-order chi connectivity index (χ0) is 13.7. The third-order valence-electron chi connectivity index (χ3n) is 2.20. The molecule has 1 saturated heterocycles. The maximum atomic E-state index is 10.2. The Morgan fingerprint density at radius 3 is 2.17 bits per heavy atom. The Labute approximate surface area is 100 Å². The number of aromatic nitrogens is 2. The first-order valence-corrected chi connectivity index (χ1v) is 5.04. The van der Waals surface area contributed by atoms with Crippen LogP contribution in [-0.4, -0.2) is 61.6 Å². The highest BCUT2D eigenvalue weighted by Gasteiger charge is 2.41. The quantitative estimate of drug-likeness (QED) is 0.306. The van der Waals surface area contributed by atoms with Crippen LogP contribution >= 0.6 is 0 Å². The largest absolute Gasteiger partial charge is 0.394 e. The van der Waals surface area contributed by atoms with Gasteiger partial charge in [-0.3, -0.25) is 9.78 Å². The van der Waals surface area contributed by atoms with Crippen molar-refractivity contribution in [3.8, 4) is 0 Å². The minimum absolute atomic E-state index is 0.381. The second-order valence-corrected chi connectivity index (χ2v) is 3.52. The number of nitrogens with one attached hydrogen (secondary N) is 2. The fourth-order valence-electron chi connectivity index (χ4n) is 1.26. The van der Waals surface area contributed by atoms with Crippen molar-refractivity contribution in [1.29, 1.82) is 0 Å². The van der Waals surface area contributed by atoms with Gasteiger partial charge in [-0.2, -0.15) is 0 Å². The molecule has 1 unspecified atom stereocenters. The van der Waals surface area contributed by atoms with Crippen LogP contribution in [0.1, 0.15) is 0 Å². The Kier molecular flexibility index (Phi) is 5.19. The van der Waals surface area contributed by atoms with Gasteiger partial charge in [0.2, 0.25) is 0 Å². The first-order chi connectivity index (χ1) is 8.45. The molecular weight excluding hydrogens is 248 g/mol. The van der Waals surface area contributed by atoms with Gasteiger partial charge in [-0.05, 0) is 0 Å². The summed E-state index contributed by atoms with van der Waals surface area (Å²) in [6, 6.07) is 1.24. The summed E-state index contributed by atoms with van der Waals surface area (Å²) in [5.41, 5.74) is -0.855. The number of aliphatic hydroxyl groups excluding tert-OH is 4. The van der Waals surface area contributed by atoms with Gasteiger partial charge in [0.1, 0.15) is 18.3 Å². The Bertz CT molecular complexity index is 445. The van der Waals surface area contributed by atoms with E-state index in [1.807, 2.05) is 4.98 Å². The summed E-state index contributed by atoms with van der Waals surface area (Å²) in [6.45, 7) is -0.407. The van der Waals surface area contributed by atoms with Crippen molar-refractivity contribution in [2.45, 2.75) is 24.6 Å². The van der Waals surface area contributed by atoms with Gasteiger partial charge in [0.15, 0.2) is 6.29 Å². The van der Waals surface area contributed by atoms with Gasteiger partial charge < -0.3 is 30.1 Å². The predicted molar refractivity (Wildman–Crippen MR) is 57.7 cm³/mol. The highest BCUT2D eigenvalue weighted by molar-refractivity contribution is 4.84. The molecule has 2 rings (SSSR count). The molecule has 2 heterocycles. The fraction of sp³-hybridized carbons (Fsp3) is 0.556. The summed E-state index contributed by atoms with van der Waals surface area (Å²) in [4.78, 5) is 24.7. The highest BCUT2D eigenvalue weighted by Crippen LogP contribution is 2.18. The molecule has 6 N–H and O–H groups in total. The lowest BCUT2D eigenvalue weighted by atomic mass is 10.1. The van der Waals surface area contributed by atoms with Crippen molar-refractivity contribution in [1.82, 2.24) is 9.97 Å². The summed E-state index contributed by atoms with van der Waals surface area (Å²) < 4.78 is 4.54. The van der Waals surface area contributed by atoms with Gasteiger partial charge in [0.25, 0.3) is 5.56 Å². The van der Waals surface area contributed by atoms with Gasteiger partial charge in [-0.1, -0.05) is 0 Å². The molecule has 9 heteroatoms. The molecule has 1 fully saturated rings. The number of H-pyrrole nitrogens is 2. The van der Waals surface area contributed by atoms with E-state index in [2.05, 4.69) is 9.72 Å². The standard InChI is InChI=1S/C5H10O5.C4H4N2O2/c6-1-2-3(7)4(8)5(9)10-2;7-3-1-2-5-4(8)6-3/h2-9H,1H2;1-2H,(H2,5,6,7,8)/t2-,3-,4-,5?;/m1./s1. The zero-order valence-electron chi connectivity index (χ0n) is 9.18. The Hall–Kier alpha value is -1.52. The van der Waals surface area contributed by atoms with Crippen LogP contribution in [0.2, 0.25) is 0 Å². The summed E-state index contributed by atoms with van der Waals surface area (Å²) >= 11 is 0. The summed E-state index contributed by atoms with van der Waals surface area (Å²) in [5.74, 6) is 0. The van der Waals surface area contributed by atoms with E-state index in [0.717, 1.165) is 0 Å². The van der Waals surface area contributed by atoms with Crippen molar-refractivity contribution in [3.05, 3.63) is 33.1 Å². The maximum absolute atomic E-state index is 10.2. The van der Waals surface area contributed by atoms with Gasteiger partial charge in [0.05, 0.1) is 6.61 Å². The normalized spacial score (nSPS) is 30.7. The molecule has 4 atom stereocenters. The van der Waals surface area contributed by atoms with E-state index < -0.39 is 36.9 Å². The van der Waals surface area contributed by atoms with Gasteiger partial charge in [-0.15, -0.1) is 0 Å². The van der Waals surface area contributed by atoms with Crippen LogP contribution in [-0.2, 0) is 4.74 Å². The first-order valence-electron chi connectivity index (χ1n) is 5.04. The minimum atomic E-state index is -1.38. The summed E-state index contributed by atoms with van der Waals surface area (Å²) in [6.07, 6.45) is -3.46. The number of aromatic amines is 2. The van der Waals surface area contributed by atoms with Crippen molar-refractivity contribution >= 4 is 0 Å². The van der Waals surface area contributed by atoms with E-state index in [1.165, 1.54) is 12.3 Å². The number of ether oxygens (including phenoxy) is 1. The van der Waals surface area contributed by atoms with E-state index in [9.17, 15) is 9.59 Å². The molecule has 102 valence electrons. The van der Waals surface area contributed by atoms with Crippen LogP contribution in [0.25, 0.3) is 0 Å². The lowest BCUT2D eigenvalue weighted by molar-refractivity contribution is -0.132. The minimum Gasteiger partial charge on any atom is -0.394 e. The third kappa shape index (κ3) is 3.75. The maximum Gasteiger partial charge on any atom is 0.325 e. The molecule has 0 saturated carbocycles. The van der Waals surface area contributed by atoms with E-state index in [-0.39, 0.29) is 5.56 Å². The number of hydrogen-bond acceptors (Lipinski definition) is 7. The Morgan fingerprint density at radius 2 is 1.89 bits per heavy atom. The molecule has 0 bridgehead atoms. The average Bonchev–Trinajstić information content (AvgIpc) is 2.57. The molecular formula is C9H14N2O7. The number of rotatable bonds is 1. The average molecular weight is 262 g/mol. The van der Waals surface area contributed by atoms with E-state index in [0.29, 0.717) is 0 Å². The molecule has 9 nitrogen and oxygen atoms in total. The zero-order valence-corrected chi connectivity index (χ0v) is 9.18. The molecule has 1 aromatic heterocycles. The lowest BCUT2D eigenvalue weighted by Gasteiger charge is -2.09. The first kappa shape index (κ1) is 14.5. The summed E-state index contributed by atoms with van der Waals surface area (Å²) in [7, 11) is 0. The van der Waals surface area contributed by atoms with Crippen LogP contribution in [0.5, 0.6) is 0 Å². The Morgan fingerprint density at radius 1 is 1.22 bits per heavy atom. The second-order valence-electron chi connectivity index (χ2n) is 3.52. The van der Waals surface area contributed by atoms with Crippen LogP contribution in [0.4, 0.5) is 0 Å². The van der Waals surface area contributed by atoms with Crippen LogP contribution in [0, 0.1) is 0 Å². The Balaban J connectivity index is 0.000000184. The van der Waals surface area contributed by atoms with E-state index in [1.54, 1.807) is 0 Å². The van der Waals surface area contributed by atoms with Crippen LogP contribution in [0.15, 0.2) is 21.9 Å². The van der Waals surface area contributed by atoms with Crippen molar-refractivity contribution < 1.29 is 25.2 Å². The molecule has 1 aromatic rings. The molecule has 1 aliphatic heterocycles. The molecule has 0 aliphatic carbocycles. The molecule has 0 spiro atoms. The smallest absolute Gasteiger partial charge is 0.325 e. The molecule has 0 aromatic carbocycles. The monoisotopic (exact) mass is 262 g/mol. The van der Waals surface area contributed by atoms with Gasteiger partial charge in [-0.25, -0.2) is 4.79 Å². The molecule has 18 heavy (non-hydrogen) atoms. The van der Waals surface area contributed by atoms with Gasteiger partial charge in [0, 0.05) is 12.3 Å². The number of aliphatic hydroxyl groups is 4. The van der Waals surface area contributed by atoms with Crippen LogP contribution in [0.3, 0.4) is 0 Å². The lowest BCUT2D eigenvalue weighted by Crippen LogP contribution is -2.33. The highest BCUT2D eigenvalue weighted by atomic mass is 16.6. The molecule has 0 amide bonds. The van der Waals surface area contributed by atoms with Crippen molar-refractivity contribution in [2.75, 3.05) is 6.61 Å².